The Morgan fingerprint density at radius 2 is 1.85 bits per heavy atom. The lowest BCUT2D eigenvalue weighted by Crippen LogP contribution is -2.07. The number of benzene rings is 2. The topological polar surface area (TPSA) is 89.9 Å². The zero-order valence-electron chi connectivity index (χ0n) is 16.0. The van der Waals surface area contributed by atoms with Crippen LogP contribution in [0.4, 0.5) is 0 Å². The number of nitrogens with one attached hydrogen (secondary N) is 1. The van der Waals surface area contributed by atoms with E-state index in [1.54, 1.807) is 0 Å². The average molecular weight is 361 g/mol. The summed E-state index contributed by atoms with van der Waals surface area (Å²) in [4.78, 5) is 9.00. The van der Waals surface area contributed by atoms with Crippen molar-refractivity contribution in [1.82, 2.24) is 4.57 Å². The van der Waals surface area contributed by atoms with Gasteiger partial charge in [0, 0.05) is 48.3 Å². The summed E-state index contributed by atoms with van der Waals surface area (Å²) in [6.45, 7) is 5.19. The Kier molecular flexibility index (Phi) is 6.15. The van der Waals surface area contributed by atoms with Crippen molar-refractivity contribution >= 4 is 22.6 Å². The molecule has 27 heavy (non-hydrogen) atoms. The smallest absolute Gasteiger partial charge is 0.300 e. The number of carboxylic acids is 1. The molecule has 2 N–H and O–H groups in total. The van der Waals surface area contributed by atoms with Crippen molar-refractivity contribution in [3.63, 3.8) is 0 Å². The van der Waals surface area contributed by atoms with Crippen LogP contribution in [0.1, 0.15) is 34.9 Å². The quantitative estimate of drug-likeness (QED) is 0.679. The third kappa shape index (κ3) is 4.42. The van der Waals surface area contributed by atoms with Gasteiger partial charge in [0.2, 0.25) is 0 Å². The Bertz CT molecular complexity index is 1050. The maximum Gasteiger partial charge on any atom is 0.300 e. The molecule has 0 saturated carbocycles. The van der Waals surface area contributed by atoms with Crippen LogP contribution in [0.5, 0.6) is 0 Å². The molecule has 1 aromatic heterocycles. The highest BCUT2D eigenvalue weighted by molar-refractivity contribution is 6.11. The van der Waals surface area contributed by atoms with Crippen molar-refractivity contribution in [2.24, 2.45) is 7.05 Å². The predicted molar refractivity (Wildman–Crippen MR) is 107 cm³/mol. The van der Waals surface area contributed by atoms with Gasteiger partial charge in [-0.3, -0.25) is 4.79 Å². The van der Waals surface area contributed by atoms with Gasteiger partial charge in [-0.25, -0.2) is 0 Å². The van der Waals surface area contributed by atoms with E-state index in [0.29, 0.717) is 17.7 Å². The third-order valence-corrected chi connectivity index (χ3v) is 4.55. The molecule has 5 nitrogen and oxygen atoms in total. The zero-order chi connectivity index (χ0) is 20.1. The molecule has 0 aliphatic carbocycles. The predicted octanol–water partition coefficient (Wildman–Crippen LogP) is 4.37. The van der Waals surface area contributed by atoms with E-state index in [1.165, 1.54) is 11.1 Å². The van der Waals surface area contributed by atoms with E-state index in [2.05, 4.69) is 29.7 Å². The van der Waals surface area contributed by atoms with Gasteiger partial charge in [-0.2, -0.15) is 5.26 Å². The molecule has 0 saturated heterocycles. The summed E-state index contributed by atoms with van der Waals surface area (Å²) < 4.78 is 2.10. The second kappa shape index (κ2) is 8.33. The van der Waals surface area contributed by atoms with Crippen molar-refractivity contribution in [3.8, 4) is 6.07 Å². The van der Waals surface area contributed by atoms with Crippen LogP contribution in [0.3, 0.4) is 0 Å². The van der Waals surface area contributed by atoms with Crippen molar-refractivity contribution < 1.29 is 9.90 Å². The first kappa shape index (κ1) is 19.9. The summed E-state index contributed by atoms with van der Waals surface area (Å²) in [5.74, 6) is -0.833. The van der Waals surface area contributed by atoms with Gasteiger partial charge in [-0.05, 0) is 43.2 Å². The van der Waals surface area contributed by atoms with Crippen molar-refractivity contribution in [3.05, 3.63) is 70.4 Å². The van der Waals surface area contributed by atoms with Crippen molar-refractivity contribution in [1.29, 1.82) is 10.7 Å². The number of carbonyl (C=O) groups is 1. The van der Waals surface area contributed by atoms with Crippen molar-refractivity contribution in [2.75, 3.05) is 0 Å². The van der Waals surface area contributed by atoms with Crippen molar-refractivity contribution in [2.45, 2.75) is 27.2 Å². The van der Waals surface area contributed by atoms with Gasteiger partial charge in [-0.15, -0.1) is 0 Å². The molecule has 0 bridgehead atoms. The minimum absolute atomic E-state index is 0.595. The van der Waals surface area contributed by atoms with Gasteiger partial charge in [0.15, 0.2) is 0 Å². The number of nitrogens with zero attached hydrogens (tertiary/aromatic N) is 2. The Balaban J connectivity index is 0.000000596. The van der Waals surface area contributed by atoms with Crippen LogP contribution in [0.15, 0.2) is 42.5 Å². The Morgan fingerprint density at radius 3 is 2.44 bits per heavy atom. The van der Waals surface area contributed by atoms with Crippen LogP contribution in [0, 0.1) is 30.6 Å². The Hall–Kier alpha value is -3.39. The number of rotatable bonds is 3. The Labute approximate surface area is 159 Å². The molecule has 0 unspecified atom stereocenters. The first-order valence-electron chi connectivity index (χ1n) is 8.57. The van der Waals surface area contributed by atoms with E-state index in [9.17, 15) is 0 Å². The number of aryl methyl sites for hydroxylation is 2. The third-order valence-electron chi connectivity index (χ3n) is 4.55. The molecular weight excluding hydrogens is 338 g/mol. The van der Waals surface area contributed by atoms with E-state index in [-0.39, 0.29) is 0 Å². The fourth-order valence-corrected chi connectivity index (χ4v) is 3.11. The van der Waals surface area contributed by atoms with Gasteiger partial charge < -0.3 is 15.1 Å². The zero-order valence-corrected chi connectivity index (χ0v) is 16.0. The van der Waals surface area contributed by atoms with E-state index in [4.69, 9.17) is 20.6 Å². The number of nitriles is 1. The first-order valence-corrected chi connectivity index (χ1v) is 8.57. The van der Waals surface area contributed by atoms with E-state index in [0.717, 1.165) is 29.1 Å². The molecular formula is C22H23N3O2. The number of fused-ring (bicyclic) bond motifs is 1. The number of hydrogen-bond donors (Lipinski definition) is 2. The molecule has 0 aliphatic heterocycles. The fraction of sp³-hybridized carbons (Fsp3) is 0.227. The molecule has 138 valence electrons. The Morgan fingerprint density at radius 1 is 1.22 bits per heavy atom. The highest BCUT2D eigenvalue weighted by atomic mass is 16.4. The molecule has 0 amide bonds. The lowest BCUT2D eigenvalue weighted by molar-refractivity contribution is -0.134. The molecule has 0 fully saturated rings. The second-order valence-electron chi connectivity index (χ2n) is 6.46. The fourth-order valence-electron chi connectivity index (χ4n) is 3.11. The number of aromatic nitrogens is 1. The number of carboxylic acid groups (broad SMARTS) is 1. The van der Waals surface area contributed by atoms with Gasteiger partial charge in [-0.1, -0.05) is 24.3 Å². The summed E-state index contributed by atoms with van der Waals surface area (Å²) in [6, 6.07) is 16.1. The SMILES string of the molecule is CC(=O)O.Cc1ccccc1CC(=N)c1c(C)n(C)c2ccc(C#N)cc12. The molecule has 5 heteroatoms. The molecule has 3 aromatic rings. The highest BCUT2D eigenvalue weighted by Gasteiger charge is 2.17. The van der Waals surface area contributed by atoms with Gasteiger partial charge >= 0.3 is 0 Å². The molecule has 1 heterocycles. The van der Waals surface area contributed by atoms with E-state index in [1.807, 2.05) is 44.3 Å². The van der Waals surface area contributed by atoms with Crippen LogP contribution in [-0.2, 0) is 18.3 Å². The largest absolute Gasteiger partial charge is 0.481 e. The normalized spacial score (nSPS) is 10.0. The molecule has 3 rings (SSSR count). The summed E-state index contributed by atoms with van der Waals surface area (Å²) in [5, 5.41) is 26.2. The van der Waals surface area contributed by atoms with Crippen LogP contribution >= 0.6 is 0 Å². The van der Waals surface area contributed by atoms with Gasteiger partial charge in [0.1, 0.15) is 0 Å². The molecule has 2 aromatic carbocycles. The van der Waals surface area contributed by atoms with Crippen LogP contribution in [0.25, 0.3) is 10.9 Å². The highest BCUT2D eigenvalue weighted by Crippen LogP contribution is 2.27. The lowest BCUT2D eigenvalue weighted by atomic mass is 9.96. The number of hydrogen-bond acceptors (Lipinski definition) is 3. The lowest BCUT2D eigenvalue weighted by Gasteiger charge is -2.08. The minimum Gasteiger partial charge on any atom is -0.481 e. The monoisotopic (exact) mass is 361 g/mol. The first-order chi connectivity index (χ1) is 12.8. The van der Waals surface area contributed by atoms with Gasteiger partial charge in [0.25, 0.3) is 5.97 Å². The number of aliphatic carboxylic acids is 1. The summed E-state index contributed by atoms with van der Waals surface area (Å²) in [6.07, 6.45) is 0.601. The summed E-state index contributed by atoms with van der Waals surface area (Å²) in [5.41, 5.74) is 6.67. The summed E-state index contributed by atoms with van der Waals surface area (Å²) >= 11 is 0. The standard InChI is InChI=1S/C20H19N3.C2H4O2/c1-13-6-4-5-7-16(13)11-18(22)20-14(2)23(3)19-9-8-15(12-21)10-17(19)20;1-2(3)4/h4-10,22H,11H2,1-3H3;1H3,(H,3,4). The molecule has 0 spiro atoms. The van der Waals surface area contributed by atoms with E-state index >= 15 is 0 Å². The maximum atomic E-state index is 9.16. The van der Waals surface area contributed by atoms with E-state index < -0.39 is 5.97 Å². The maximum absolute atomic E-state index is 9.16. The second-order valence-corrected chi connectivity index (χ2v) is 6.46. The van der Waals surface area contributed by atoms with Crippen LogP contribution in [0.2, 0.25) is 0 Å². The average Bonchev–Trinajstić information content (AvgIpc) is 2.87. The molecule has 0 aliphatic rings. The van der Waals surface area contributed by atoms with Crippen LogP contribution < -0.4 is 0 Å². The van der Waals surface area contributed by atoms with Gasteiger partial charge in [0.05, 0.1) is 11.6 Å². The minimum atomic E-state index is -0.833. The van der Waals surface area contributed by atoms with Crippen LogP contribution in [-0.4, -0.2) is 21.4 Å². The molecule has 0 radical (unpaired) electrons. The molecule has 0 atom stereocenters. The summed E-state index contributed by atoms with van der Waals surface area (Å²) in [7, 11) is 2.01.